The molecule has 1 N–H and O–H groups in total. The molecule has 4 heteroatoms. The van der Waals surface area contributed by atoms with Gasteiger partial charge in [-0.15, -0.1) is 0 Å². The predicted molar refractivity (Wildman–Crippen MR) is 71.9 cm³/mol. The summed E-state index contributed by atoms with van der Waals surface area (Å²) in [7, 11) is 0. The zero-order valence-electron chi connectivity index (χ0n) is 10.5. The minimum atomic E-state index is -0.335. The van der Waals surface area contributed by atoms with Crippen LogP contribution in [-0.4, -0.2) is 19.7 Å². The molecule has 0 radical (unpaired) electrons. The number of halogens is 2. The molecule has 0 spiro atoms. The average Bonchev–Trinajstić information content (AvgIpc) is 2.25. The molecule has 0 unspecified atom stereocenters. The summed E-state index contributed by atoms with van der Waals surface area (Å²) in [4.78, 5) is 0. The zero-order chi connectivity index (χ0) is 12.9. The van der Waals surface area contributed by atoms with Gasteiger partial charge in [0, 0.05) is 16.4 Å². The maximum Gasteiger partial charge on any atom is 0.166 e. The third-order valence-corrected chi connectivity index (χ3v) is 2.86. The minimum absolute atomic E-state index is 0.0183. The lowest BCUT2D eigenvalue weighted by molar-refractivity contribution is 0.171. The lowest BCUT2D eigenvalue weighted by Gasteiger charge is -2.25. The normalized spacial score (nSPS) is 11.6. The van der Waals surface area contributed by atoms with Gasteiger partial charge in [0.05, 0.1) is 6.61 Å². The molecule has 0 atom stereocenters. The van der Waals surface area contributed by atoms with Gasteiger partial charge in [0.2, 0.25) is 0 Å². The van der Waals surface area contributed by atoms with Crippen molar-refractivity contribution in [1.29, 1.82) is 0 Å². The molecule has 1 aromatic rings. The molecular formula is C13H19BrFNO. The highest BCUT2D eigenvalue weighted by Gasteiger charge is 2.19. The number of nitrogens with one attached hydrogen (secondary N) is 1. The van der Waals surface area contributed by atoms with E-state index in [1.54, 1.807) is 12.1 Å². The van der Waals surface area contributed by atoms with Gasteiger partial charge in [-0.2, -0.15) is 0 Å². The van der Waals surface area contributed by atoms with Crippen LogP contribution in [0.1, 0.15) is 20.8 Å². The first-order valence-corrected chi connectivity index (χ1v) is 6.52. The Morgan fingerprint density at radius 3 is 2.71 bits per heavy atom. The highest BCUT2D eigenvalue weighted by Crippen LogP contribution is 2.23. The van der Waals surface area contributed by atoms with Crippen molar-refractivity contribution in [1.82, 2.24) is 5.32 Å². The molecule has 2 nitrogen and oxygen atoms in total. The van der Waals surface area contributed by atoms with Crippen molar-refractivity contribution in [3.05, 3.63) is 28.5 Å². The molecule has 0 aliphatic rings. The van der Waals surface area contributed by atoms with E-state index in [1.807, 2.05) is 0 Å². The van der Waals surface area contributed by atoms with Gasteiger partial charge in [-0.05, 0) is 24.7 Å². The fourth-order valence-corrected chi connectivity index (χ4v) is 1.71. The van der Waals surface area contributed by atoms with Crippen molar-refractivity contribution in [2.24, 2.45) is 5.41 Å². The Hall–Kier alpha value is -0.610. The van der Waals surface area contributed by atoms with Crippen molar-refractivity contribution in [3.63, 3.8) is 0 Å². The van der Waals surface area contributed by atoms with E-state index in [9.17, 15) is 4.39 Å². The number of hydrogen-bond acceptors (Lipinski definition) is 2. The van der Waals surface area contributed by atoms with Gasteiger partial charge in [0.15, 0.2) is 11.6 Å². The van der Waals surface area contributed by atoms with Gasteiger partial charge in [-0.1, -0.05) is 36.7 Å². The largest absolute Gasteiger partial charge is 0.490 e. The Labute approximate surface area is 111 Å². The number of benzene rings is 1. The lowest BCUT2D eigenvalue weighted by atomic mass is 9.95. The summed E-state index contributed by atoms with van der Waals surface area (Å²) in [5.41, 5.74) is -0.0183. The second kappa shape index (κ2) is 6.36. The molecule has 1 aromatic carbocycles. The maximum atomic E-state index is 13.5. The summed E-state index contributed by atoms with van der Waals surface area (Å²) in [5.74, 6) is -0.0311. The second-order valence-electron chi connectivity index (χ2n) is 4.81. The Morgan fingerprint density at radius 2 is 2.12 bits per heavy atom. The quantitative estimate of drug-likeness (QED) is 0.867. The first-order chi connectivity index (χ1) is 7.94. The topological polar surface area (TPSA) is 21.3 Å². The van der Waals surface area contributed by atoms with Crippen molar-refractivity contribution >= 4 is 15.9 Å². The predicted octanol–water partition coefficient (Wildman–Crippen LogP) is 3.60. The summed E-state index contributed by atoms with van der Waals surface area (Å²) < 4.78 is 19.7. The van der Waals surface area contributed by atoms with Crippen molar-refractivity contribution in [2.75, 3.05) is 19.7 Å². The van der Waals surface area contributed by atoms with Crippen LogP contribution in [0.5, 0.6) is 5.75 Å². The SMILES string of the molecule is CCNCC(C)(C)COc1ccc(Br)cc1F. The molecule has 0 saturated carbocycles. The van der Waals surface area contributed by atoms with Crippen molar-refractivity contribution in [3.8, 4) is 5.75 Å². The summed E-state index contributed by atoms with van der Waals surface area (Å²) >= 11 is 3.22. The van der Waals surface area contributed by atoms with E-state index >= 15 is 0 Å². The Balaban J connectivity index is 2.54. The van der Waals surface area contributed by atoms with E-state index in [-0.39, 0.29) is 11.2 Å². The van der Waals surface area contributed by atoms with E-state index in [2.05, 4.69) is 42.0 Å². The molecule has 1 rings (SSSR count). The second-order valence-corrected chi connectivity index (χ2v) is 5.72. The van der Waals surface area contributed by atoms with Crippen LogP contribution in [-0.2, 0) is 0 Å². The van der Waals surface area contributed by atoms with Crippen LogP contribution in [0, 0.1) is 11.2 Å². The first-order valence-electron chi connectivity index (χ1n) is 5.73. The number of ether oxygens (including phenoxy) is 1. The van der Waals surface area contributed by atoms with Crippen LogP contribution in [0.15, 0.2) is 22.7 Å². The van der Waals surface area contributed by atoms with Crippen LogP contribution in [0.3, 0.4) is 0 Å². The standard InChI is InChI=1S/C13H19BrFNO/c1-4-16-8-13(2,3)9-17-12-6-5-10(14)7-11(12)15/h5-7,16H,4,8-9H2,1-3H3. The molecule has 96 valence electrons. The van der Waals surface area contributed by atoms with Gasteiger partial charge >= 0.3 is 0 Å². The molecule has 0 heterocycles. The summed E-state index contributed by atoms with van der Waals surface area (Å²) in [6, 6.07) is 4.82. The fourth-order valence-electron chi connectivity index (χ4n) is 1.38. The Morgan fingerprint density at radius 1 is 1.41 bits per heavy atom. The van der Waals surface area contributed by atoms with Crippen LogP contribution in [0.25, 0.3) is 0 Å². The van der Waals surface area contributed by atoms with Crippen LogP contribution in [0.2, 0.25) is 0 Å². The first kappa shape index (κ1) is 14.5. The minimum Gasteiger partial charge on any atom is -0.490 e. The van der Waals surface area contributed by atoms with E-state index in [0.717, 1.165) is 13.1 Å². The summed E-state index contributed by atoms with van der Waals surface area (Å²) in [6.07, 6.45) is 0. The van der Waals surface area contributed by atoms with Crippen LogP contribution < -0.4 is 10.1 Å². The van der Waals surface area contributed by atoms with E-state index < -0.39 is 0 Å². The van der Waals surface area contributed by atoms with Gasteiger partial charge in [-0.3, -0.25) is 0 Å². The fraction of sp³-hybridized carbons (Fsp3) is 0.538. The number of rotatable bonds is 6. The molecule has 0 aliphatic heterocycles. The molecule has 0 amide bonds. The monoisotopic (exact) mass is 303 g/mol. The van der Waals surface area contributed by atoms with Gasteiger partial charge < -0.3 is 10.1 Å². The number of hydrogen-bond donors (Lipinski definition) is 1. The highest BCUT2D eigenvalue weighted by molar-refractivity contribution is 9.10. The van der Waals surface area contributed by atoms with Crippen molar-refractivity contribution in [2.45, 2.75) is 20.8 Å². The van der Waals surface area contributed by atoms with Crippen molar-refractivity contribution < 1.29 is 9.13 Å². The average molecular weight is 304 g/mol. The van der Waals surface area contributed by atoms with Crippen LogP contribution >= 0.6 is 15.9 Å². The smallest absolute Gasteiger partial charge is 0.166 e. The molecule has 0 saturated heterocycles. The van der Waals surface area contributed by atoms with E-state index in [4.69, 9.17) is 4.74 Å². The molecule has 0 fully saturated rings. The third-order valence-electron chi connectivity index (χ3n) is 2.37. The lowest BCUT2D eigenvalue weighted by Crippen LogP contribution is -2.34. The zero-order valence-corrected chi connectivity index (χ0v) is 12.1. The van der Waals surface area contributed by atoms with Gasteiger partial charge in [0.1, 0.15) is 0 Å². The van der Waals surface area contributed by atoms with E-state index in [1.165, 1.54) is 6.07 Å². The van der Waals surface area contributed by atoms with Crippen LogP contribution in [0.4, 0.5) is 4.39 Å². The molecule has 0 bridgehead atoms. The van der Waals surface area contributed by atoms with Gasteiger partial charge in [-0.25, -0.2) is 4.39 Å². The third kappa shape index (κ3) is 5.04. The maximum absolute atomic E-state index is 13.5. The van der Waals surface area contributed by atoms with Gasteiger partial charge in [0.25, 0.3) is 0 Å². The molecular weight excluding hydrogens is 285 g/mol. The summed E-state index contributed by atoms with van der Waals surface area (Å²) in [6.45, 7) is 8.50. The Kier molecular flexibility index (Phi) is 5.40. The highest BCUT2D eigenvalue weighted by atomic mass is 79.9. The molecule has 0 aromatic heterocycles. The Bertz CT molecular complexity index is 368. The molecule has 0 aliphatic carbocycles. The van der Waals surface area contributed by atoms with E-state index in [0.29, 0.717) is 16.8 Å². The molecule has 17 heavy (non-hydrogen) atoms. The summed E-state index contributed by atoms with van der Waals surface area (Å²) in [5, 5.41) is 3.27.